The third-order valence-electron chi connectivity index (χ3n) is 3.74. The molecule has 0 aliphatic rings. The van der Waals surface area contributed by atoms with Gasteiger partial charge in [0, 0.05) is 0 Å². The van der Waals surface area contributed by atoms with Crippen molar-refractivity contribution < 1.29 is 47.6 Å². The van der Waals surface area contributed by atoms with Gasteiger partial charge < -0.3 is 9.66 Å². The average Bonchev–Trinajstić information content (AvgIpc) is 2.38. The molecule has 0 spiro atoms. The van der Waals surface area contributed by atoms with E-state index in [0.717, 1.165) is 12.8 Å². The van der Waals surface area contributed by atoms with Gasteiger partial charge in [0.25, 0.3) is 0 Å². The first-order valence-electron chi connectivity index (χ1n) is 8.08. The van der Waals surface area contributed by atoms with Crippen molar-refractivity contribution in [3.63, 3.8) is 0 Å². The molecule has 21 heavy (non-hydrogen) atoms. The molecule has 0 bridgehead atoms. The number of aliphatic hydroxyl groups excluding tert-OH is 1. The molecule has 1 atom stereocenters. The number of aliphatic hydroxyl groups is 1. The largest absolute Gasteiger partial charge is 1.00 e. The molecule has 0 rings (SSSR count). The van der Waals surface area contributed by atoms with E-state index in [4.69, 9.17) is 5.11 Å². The van der Waals surface area contributed by atoms with Crippen LogP contribution in [-0.2, 0) is 10.1 Å². The minimum absolute atomic E-state index is 0. The smallest absolute Gasteiger partial charge is 0.748 e. The topological polar surface area (TPSA) is 77.4 Å². The molecule has 4 nitrogen and oxygen atoms in total. The van der Waals surface area contributed by atoms with Crippen molar-refractivity contribution in [3.05, 3.63) is 0 Å². The molecule has 122 valence electrons. The van der Waals surface area contributed by atoms with Gasteiger partial charge in [0.2, 0.25) is 0 Å². The predicted molar refractivity (Wildman–Crippen MR) is 81.6 cm³/mol. The zero-order valence-electron chi connectivity index (χ0n) is 13.8. The molecule has 0 amide bonds. The molecule has 0 aromatic carbocycles. The monoisotopic (exact) mass is 330 g/mol. The summed E-state index contributed by atoms with van der Waals surface area (Å²) in [4.78, 5) is 0. The second-order valence-electron chi connectivity index (χ2n) is 5.62. The van der Waals surface area contributed by atoms with Gasteiger partial charge in [-0.2, -0.15) is 0 Å². The van der Waals surface area contributed by atoms with Crippen molar-refractivity contribution in [2.24, 2.45) is 0 Å². The van der Waals surface area contributed by atoms with E-state index in [2.05, 4.69) is 6.92 Å². The Morgan fingerprint density at radius 1 is 0.857 bits per heavy atom. The van der Waals surface area contributed by atoms with Gasteiger partial charge in [-0.15, -0.1) is 0 Å². The molecule has 6 heteroatoms. The predicted octanol–water partition coefficient (Wildman–Crippen LogP) is 0.598. The van der Waals surface area contributed by atoms with Crippen LogP contribution in [0.2, 0.25) is 0 Å². The van der Waals surface area contributed by atoms with Gasteiger partial charge in [-0.25, -0.2) is 8.42 Å². The fourth-order valence-corrected chi connectivity index (χ4v) is 3.00. The van der Waals surface area contributed by atoms with Crippen molar-refractivity contribution in [1.82, 2.24) is 0 Å². The number of unbranched alkanes of at least 4 members (excludes halogenated alkanes) is 10. The maximum Gasteiger partial charge on any atom is 1.00 e. The Hall–Kier alpha value is 0.870. The Bertz CT molecular complexity index is 307. The minimum atomic E-state index is -4.33. The number of rotatable bonds is 14. The second-order valence-corrected chi connectivity index (χ2v) is 7.27. The molecule has 0 aliphatic heterocycles. The molecule has 0 aromatic heterocycles. The van der Waals surface area contributed by atoms with E-state index >= 15 is 0 Å². The maximum absolute atomic E-state index is 10.8. The molecule has 0 aromatic rings. The first-order chi connectivity index (χ1) is 9.52. The molecule has 0 heterocycles. The van der Waals surface area contributed by atoms with Crippen molar-refractivity contribution in [3.8, 4) is 0 Å². The van der Waals surface area contributed by atoms with Crippen LogP contribution in [0.1, 0.15) is 84.0 Å². The third kappa shape index (κ3) is 15.5. The zero-order chi connectivity index (χ0) is 15.3. The summed E-state index contributed by atoms with van der Waals surface area (Å²) in [7, 11) is -4.33. The SMILES string of the molecule is CCCCCCCCCCCCCC(CO)S(=O)(=O)[O-].[Na+]. The van der Waals surface area contributed by atoms with Crippen LogP contribution in [0.25, 0.3) is 0 Å². The van der Waals surface area contributed by atoms with Crippen LogP contribution < -0.4 is 29.6 Å². The van der Waals surface area contributed by atoms with Crippen LogP contribution in [0.4, 0.5) is 0 Å². The molecular weight excluding hydrogens is 299 g/mol. The van der Waals surface area contributed by atoms with Crippen LogP contribution in [0, 0.1) is 0 Å². The Morgan fingerprint density at radius 3 is 1.57 bits per heavy atom. The molecule has 0 saturated carbocycles. The first-order valence-corrected chi connectivity index (χ1v) is 9.55. The summed E-state index contributed by atoms with van der Waals surface area (Å²) >= 11 is 0. The minimum Gasteiger partial charge on any atom is -0.748 e. The van der Waals surface area contributed by atoms with Crippen molar-refractivity contribution in [2.45, 2.75) is 89.2 Å². The first kappa shape index (κ1) is 24.1. The summed E-state index contributed by atoms with van der Waals surface area (Å²) < 4.78 is 32.3. The van der Waals surface area contributed by atoms with Crippen molar-refractivity contribution in [2.75, 3.05) is 6.61 Å². The fraction of sp³-hybridized carbons (Fsp3) is 1.00. The van der Waals surface area contributed by atoms with E-state index in [1.165, 1.54) is 51.4 Å². The van der Waals surface area contributed by atoms with E-state index in [-0.39, 0.29) is 29.6 Å². The van der Waals surface area contributed by atoms with E-state index < -0.39 is 22.0 Å². The summed E-state index contributed by atoms with van der Waals surface area (Å²) in [6, 6.07) is 0. The molecule has 0 saturated heterocycles. The summed E-state index contributed by atoms with van der Waals surface area (Å²) in [5.74, 6) is 0. The molecular formula is C15H31NaO4S. The van der Waals surface area contributed by atoms with E-state index in [0.29, 0.717) is 12.8 Å². The standard InChI is InChI=1S/C15H32O4S.Na/c1-2-3-4-5-6-7-8-9-10-11-12-13-15(14-16)20(17,18)19;/h15-16H,2-14H2,1H3,(H,17,18,19);/q;+1/p-1. The Labute approximate surface area is 153 Å². The van der Waals surface area contributed by atoms with E-state index in [1.54, 1.807) is 0 Å². The Kier molecular flexibility index (Phi) is 18.1. The third-order valence-corrected chi connectivity index (χ3v) is 4.94. The normalized spacial score (nSPS) is 12.9. The summed E-state index contributed by atoms with van der Waals surface area (Å²) in [5, 5.41) is 7.73. The van der Waals surface area contributed by atoms with Gasteiger partial charge >= 0.3 is 29.6 Å². The summed E-state index contributed by atoms with van der Waals surface area (Å²) in [6.07, 6.45) is 13.4. The Morgan fingerprint density at radius 2 is 1.24 bits per heavy atom. The van der Waals surface area contributed by atoms with Gasteiger partial charge in [0.05, 0.1) is 22.0 Å². The van der Waals surface area contributed by atoms with Crippen LogP contribution >= 0.6 is 0 Å². The summed E-state index contributed by atoms with van der Waals surface area (Å²) in [6.45, 7) is 1.67. The molecule has 1 unspecified atom stereocenters. The second kappa shape index (κ2) is 15.8. The quantitative estimate of drug-likeness (QED) is 0.287. The fourth-order valence-electron chi connectivity index (χ4n) is 2.36. The van der Waals surface area contributed by atoms with E-state index in [1.807, 2.05) is 0 Å². The molecule has 0 aliphatic carbocycles. The van der Waals surface area contributed by atoms with Gasteiger partial charge in [-0.1, -0.05) is 77.6 Å². The van der Waals surface area contributed by atoms with E-state index in [9.17, 15) is 13.0 Å². The molecule has 0 radical (unpaired) electrons. The summed E-state index contributed by atoms with van der Waals surface area (Å²) in [5.41, 5.74) is 0. The van der Waals surface area contributed by atoms with Crippen LogP contribution in [0.15, 0.2) is 0 Å². The average molecular weight is 330 g/mol. The zero-order valence-corrected chi connectivity index (χ0v) is 16.7. The van der Waals surface area contributed by atoms with Gasteiger partial charge in [0.15, 0.2) is 0 Å². The number of hydrogen-bond donors (Lipinski definition) is 1. The maximum atomic E-state index is 10.8. The number of hydrogen-bond acceptors (Lipinski definition) is 4. The van der Waals surface area contributed by atoms with Crippen LogP contribution in [-0.4, -0.2) is 29.9 Å². The van der Waals surface area contributed by atoms with Crippen LogP contribution in [0.3, 0.4) is 0 Å². The van der Waals surface area contributed by atoms with Crippen LogP contribution in [0.5, 0.6) is 0 Å². The van der Waals surface area contributed by atoms with Gasteiger partial charge in [-0.05, 0) is 6.42 Å². The molecule has 1 N–H and O–H groups in total. The van der Waals surface area contributed by atoms with Crippen molar-refractivity contribution >= 4 is 10.1 Å². The van der Waals surface area contributed by atoms with Crippen molar-refractivity contribution in [1.29, 1.82) is 0 Å². The van der Waals surface area contributed by atoms with Gasteiger partial charge in [0.1, 0.15) is 0 Å². The molecule has 0 fully saturated rings. The van der Waals surface area contributed by atoms with Gasteiger partial charge in [-0.3, -0.25) is 0 Å². The Balaban J connectivity index is 0.